The molecule has 3 rings (SSSR count). The van der Waals surface area contributed by atoms with Crippen molar-refractivity contribution in [1.29, 1.82) is 0 Å². The Morgan fingerprint density at radius 1 is 0.800 bits per heavy atom. The third-order valence-electron chi connectivity index (χ3n) is 4.91. The first-order valence-electron chi connectivity index (χ1n) is 11.1. The van der Waals surface area contributed by atoms with Crippen LogP contribution >= 0.6 is 0 Å². The van der Waals surface area contributed by atoms with Crippen molar-refractivity contribution >= 4 is 29.1 Å². The van der Waals surface area contributed by atoms with E-state index in [1.54, 1.807) is 71.4 Å². The summed E-state index contributed by atoms with van der Waals surface area (Å²) < 4.78 is 15.9. The second-order valence-electron chi connectivity index (χ2n) is 8.75. The molecule has 0 unspecified atom stereocenters. The lowest BCUT2D eigenvalue weighted by atomic mass is 10.1. The van der Waals surface area contributed by atoms with Crippen LogP contribution in [0.2, 0.25) is 0 Å². The molecule has 35 heavy (non-hydrogen) atoms. The van der Waals surface area contributed by atoms with E-state index in [1.165, 1.54) is 0 Å². The maximum Gasteiger partial charge on any atom is 0.412 e. The summed E-state index contributed by atoms with van der Waals surface area (Å²) >= 11 is 0. The monoisotopic (exact) mass is 477 g/mol. The normalized spacial score (nSPS) is 10.8. The quantitative estimate of drug-likeness (QED) is 0.373. The molecule has 0 saturated carbocycles. The predicted octanol–water partition coefficient (Wildman–Crippen LogP) is 5.92. The summed E-state index contributed by atoms with van der Waals surface area (Å²) in [5.74, 6) is 1.02. The van der Waals surface area contributed by atoms with Crippen LogP contribution in [0.4, 0.5) is 21.9 Å². The minimum absolute atomic E-state index is 0.289. The van der Waals surface area contributed by atoms with Crippen molar-refractivity contribution in [2.24, 2.45) is 0 Å². The second kappa shape index (κ2) is 11.3. The minimum atomic E-state index is -0.627. The van der Waals surface area contributed by atoms with Crippen molar-refractivity contribution in [3.8, 4) is 11.5 Å². The Bertz CT molecular complexity index is 1170. The second-order valence-corrected chi connectivity index (χ2v) is 8.75. The first-order chi connectivity index (χ1) is 16.7. The minimum Gasteiger partial charge on any atom is -0.493 e. The number of hydrogen-bond acceptors (Lipinski definition) is 6. The van der Waals surface area contributed by atoms with E-state index in [-0.39, 0.29) is 5.91 Å². The summed E-state index contributed by atoms with van der Waals surface area (Å²) in [7, 11) is 3.19. The van der Waals surface area contributed by atoms with E-state index in [0.717, 1.165) is 11.3 Å². The molecule has 0 bridgehead atoms. The van der Waals surface area contributed by atoms with Gasteiger partial charge >= 0.3 is 6.09 Å². The van der Waals surface area contributed by atoms with E-state index in [2.05, 4.69) is 16.0 Å². The number of carbonyl (C=O) groups excluding carboxylic acids is 2. The van der Waals surface area contributed by atoms with Gasteiger partial charge in [0.25, 0.3) is 5.91 Å². The van der Waals surface area contributed by atoms with Crippen LogP contribution in [-0.2, 0) is 11.3 Å². The molecular weight excluding hydrogens is 446 g/mol. The largest absolute Gasteiger partial charge is 0.493 e. The van der Waals surface area contributed by atoms with Gasteiger partial charge in [-0.05, 0) is 62.7 Å². The lowest BCUT2D eigenvalue weighted by Gasteiger charge is -2.20. The molecule has 0 fully saturated rings. The Balaban J connectivity index is 1.61. The molecule has 0 aromatic heterocycles. The number of benzene rings is 3. The van der Waals surface area contributed by atoms with Crippen LogP contribution in [0.25, 0.3) is 0 Å². The fourth-order valence-corrected chi connectivity index (χ4v) is 3.23. The fourth-order valence-electron chi connectivity index (χ4n) is 3.23. The molecule has 0 aliphatic heterocycles. The molecule has 2 amide bonds. The summed E-state index contributed by atoms with van der Waals surface area (Å²) in [6.45, 7) is 5.92. The third kappa shape index (κ3) is 7.40. The summed E-state index contributed by atoms with van der Waals surface area (Å²) in [5.41, 5.74) is 2.68. The standard InChI is InChI=1S/C27H31N3O5/c1-27(2,3)35-26(32)30-22-9-7-6-8-21(22)29-25(31)19-12-10-18(11-13-19)17-28-20-14-15-23(33-4)24(16-20)34-5/h6-16,28H,17H2,1-5H3,(H,29,31)(H,30,32). The zero-order chi connectivity index (χ0) is 25.4. The number of anilines is 3. The molecule has 0 heterocycles. The summed E-state index contributed by atoms with van der Waals surface area (Å²) in [5, 5.41) is 8.85. The van der Waals surface area contributed by atoms with E-state index >= 15 is 0 Å². The number of methoxy groups -OCH3 is 2. The smallest absolute Gasteiger partial charge is 0.412 e. The highest BCUT2D eigenvalue weighted by Gasteiger charge is 2.18. The Kier molecular flexibility index (Phi) is 8.20. The maximum absolute atomic E-state index is 12.8. The summed E-state index contributed by atoms with van der Waals surface area (Å²) in [4.78, 5) is 24.9. The van der Waals surface area contributed by atoms with Gasteiger partial charge in [-0.25, -0.2) is 4.79 Å². The highest BCUT2D eigenvalue weighted by Crippen LogP contribution is 2.30. The van der Waals surface area contributed by atoms with Crippen molar-refractivity contribution in [3.63, 3.8) is 0 Å². The molecular formula is C27H31N3O5. The number of amides is 2. The predicted molar refractivity (Wildman–Crippen MR) is 138 cm³/mol. The van der Waals surface area contributed by atoms with Gasteiger partial charge in [-0.1, -0.05) is 24.3 Å². The molecule has 0 saturated heterocycles. The lowest BCUT2D eigenvalue weighted by molar-refractivity contribution is 0.0635. The number of para-hydroxylation sites is 2. The maximum atomic E-state index is 12.8. The van der Waals surface area contributed by atoms with E-state index < -0.39 is 11.7 Å². The molecule has 0 radical (unpaired) electrons. The molecule has 184 valence electrons. The van der Waals surface area contributed by atoms with Crippen LogP contribution in [0.5, 0.6) is 11.5 Å². The van der Waals surface area contributed by atoms with Gasteiger partial charge in [-0.15, -0.1) is 0 Å². The molecule has 0 aliphatic carbocycles. The van der Waals surface area contributed by atoms with E-state index in [1.807, 2.05) is 30.3 Å². The molecule has 8 heteroatoms. The fraction of sp³-hybridized carbons (Fsp3) is 0.259. The van der Waals surface area contributed by atoms with Gasteiger partial charge in [0, 0.05) is 23.9 Å². The highest BCUT2D eigenvalue weighted by atomic mass is 16.6. The van der Waals surface area contributed by atoms with E-state index in [9.17, 15) is 9.59 Å². The molecule has 3 aromatic rings. The molecule has 3 aromatic carbocycles. The van der Waals surface area contributed by atoms with Gasteiger partial charge in [0.05, 0.1) is 25.6 Å². The first kappa shape index (κ1) is 25.4. The van der Waals surface area contributed by atoms with Crippen molar-refractivity contribution in [2.45, 2.75) is 32.9 Å². The van der Waals surface area contributed by atoms with Crippen LogP contribution in [0, 0.1) is 0 Å². The summed E-state index contributed by atoms with van der Waals surface area (Å²) in [6, 6.07) is 19.8. The Morgan fingerprint density at radius 3 is 2.03 bits per heavy atom. The molecule has 0 aliphatic rings. The van der Waals surface area contributed by atoms with Gasteiger partial charge in [0.15, 0.2) is 11.5 Å². The number of ether oxygens (including phenoxy) is 3. The zero-order valence-electron chi connectivity index (χ0n) is 20.6. The van der Waals surface area contributed by atoms with Crippen LogP contribution < -0.4 is 25.4 Å². The van der Waals surface area contributed by atoms with Crippen LogP contribution in [0.3, 0.4) is 0 Å². The zero-order valence-corrected chi connectivity index (χ0v) is 20.6. The van der Waals surface area contributed by atoms with Crippen molar-refractivity contribution in [3.05, 3.63) is 77.9 Å². The Labute approximate surface area is 205 Å². The number of hydrogen-bond donors (Lipinski definition) is 3. The Morgan fingerprint density at radius 2 is 1.43 bits per heavy atom. The van der Waals surface area contributed by atoms with Crippen LogP contribution in [-0.4, -0.2) is 31.8 Å². The third-order valence-corrected chi connectivity index (χ3v) is 4.91. The number of rotatable bonds is 8. The van der Waals surface area contributed by atoms with E-state index in [4.69, 9.17) is 14.2 Å². The Hall–Kier alpha value is -4.20. The highest BCUT2D eigenvalue weighted by molar-refractivity contribution is 6.06. The molecule has 0 spiro atoms. The average Bonchev–Trinajstić information content (AvgIpc) is 2.82. The number of carbonyl (C=O) groups is 2. The summed E-state index contributed by atoms with van der Waals surface area (Å²) in [6.07, 6.45) is -0.592. The first-order valence-corrected chi connectivity index (χ1v) is 11.1. The van der Waals surface area contributed by atoms with E-state index in [0.29, 0.717) is 35.0 Å². The van der Waals surface area contributed by atoms with Crippen molar-refractivity contribution < 1.29 is 23.8 Å². The van der Waals surface area contributed by atoms with Crippen molar-refractivity contribution in [2.75, 3.05) is 30.2 Å². The van der Waals surface area contributed by atoms with Gasteiger partial charge in [-0.2, -0.15) is 0 Å². The SMILES string of the molecule is COc1ccc(NCc2ccc(C(=O)Nc3ccccc3NC(=O)OC(C)(C)C)cc2)cc1OC. The topological polar surface area (TPSA) is 97.9 Å². The van der Waals surface area contributed by atoms with Gasteiger partial charge < -0.3 is 24.8 Å². The van der Waals surface area contributed by atoms with Gasteiger partial charge in [0.2, 0.25) is 0 Å². The number of nitrogens with one attached hydrogen (secondary N) is 3. The lowest BCUT2D eigenvalue weighted by Crippen LogP contribution is -2.27. The molecule has 3 N–H and O–H groups in total. The molecule has 8 nitrogen and oxygen atoms in total. The molecule has 0 atom stereocenters. The van der Waals surface area contributed by atoms with Crippen molar-refractivity contribution in [1.82, 2.24) is 0 Å². The van der Waals surface area contributed by atoms with Gasteiger partial charge in [-0.3, -0.25) is 10.1 Å². The average molecular weight is 478 g/mol. The van der Waals surface area contributed by atoms with Crippen LogP contribution in [0.15, 0.2) is 66.7 Å². The van der Waals surface area contributed by atoms with Crippen LogP contribution in [0.1, 0.15) is 36.7 Å². The van der Waals surface area contributed by atoms with Gasteiger partial charge in [0.1, 0.15) is 5.60 Å².